The molecule has 0 aliphatic carbocycles. The molecule has 0 aromatic heterocycles. The number of para-hydroxylation sites is 1. The Morgan fingerprint density at radius 3 is 2.36 bits per heavy atom. The van der Waals surface area contributed by atoms with Crippen LogP contribution in [0, 0.1) is 0 Å². The number of benzene rings is 2. The van der Waals surface area contributed by atoms with Crippen molar-refractivity contribution in [3.8, 4) is 11.5 Å². The Morgan fingerprint density at radius 1 is 1.14 bits per heavy atom. The van der Waals surface area contributed by atoms with Crippen molar-refractivity contribution in [2.75, 3.05) is 19.6 Å². The zero-order chi connectivity index (χ0) is 15.9. The fourth-order valence-corrected chi connectivity index (χ4v) is 1.85. The number of anilines is 1. The van der Waals surface area contributed by atoms with Crippen molar-refractivity contribution in [1.82, 2.24) is 0 Å². The van der Waals surface area contributed by atoms with Gasteiger partial charge in [-0.1, -0.05) is 12.1 Å². The number of nitrogens with zero attached hydrogens (tertiary/aromatic N) is 1. The summed E-state index contributed by atoms with van der Waals surface area (Å²) in [5, 5.41) is 13.1. The maximum atomic E-state index is 11.1. The Morgan fingerprint density at radius 2 is 1.77 bits per heavy atom. The van der Waals surface area contributed by atoms with E-state index < -0.39 is 5.97 Å². The van der Waals surface area contributed by atoms with Gasteiger partial charge in [-0.05, 0) is 24.3 Å². The molecule has 6 heteroatoms. The van der Waals surface area contributed by atoms with Gasteiger partial charge in [0, 0.05) is 11.6 Å². The topological polar surface area (TPSA) is 80.2 Å². The van der Waals surface area contributed by atoms with Crippen molar-refractivity contribution in [3.63, 3.8) is 0 Å². The van der Waals surface area contributed by atoms with E-state index in [0.29, 0.717) is 17.2 Å². The second-order valence-electron chi connectivity index (χ2n) is 4.37. The van der Waals surface area contributed by atoms with E-state index in [0.717, 1.165) is 5.56 Å². The summed E-state index contributed by atoms with van der Waals surface area (Å²) in [5.74, 6) is 0.278. The molecule has 2 aromatic rings. The van der Waals surface area contributed by atoms with Gasteiger partial charge in [0.2, 0.25) is 0 Å². The first kappa shape index (κ1) is 15.4. The number of carboxylic acids is 1. The lowest BCUT2D eigenvalue weighted by Gasteiger charge is -2.06. The number of nitrogens with one attached hydrogen (secondary N) is 1. The molecule has 0 saturated heterocycles. The van der Waals surface area contributed by atoms with Crippen LogP contribution in [0.5, 0.6) is 11.5 Å². The van der Waals surface area contributed by atoms with Gasteiger partial charge >= 0.3 is 5.97 Å². The summed E-state index contributed by atoms with van der Waals surface area (Å²) in [7, 11) is 3.13. The highest BCUT2D eigenvalue weighted by Gasteiger charge is 2.07. The third kappa shape index (κ3) is 3.76. The van der Waals surface area contributed by atoms with Crippen LogP contribution in [0.1, 0.15) is 15.9 Å². The van der Waals surface area contributed by atoms with E-state index in [4.69, 9.17) is 14.6 Å². The number of carbonyl (C=O) groups is 1. The molecular formula is C16H16N2O4. The van der Waals surface area contributed by atoms with Crippen LogP contribution < -0.4 is 14.9 Å². The van der Waals surface area contributed by atoms with Crippen LogP contribution in [0.15, 0.2) is 47.6 Å². The average Bonchev–Trinajstić information content (AvgIpc) is 2.54. The van der Waals surface area contributed by atoms with E-state index in [-0.39, 0.29) is 5.56 Å². The van der Waals surface area contributed by atoms with Crippen molar-refractivity contribution in [2.24, 2.45) is 5.10 Å². The molecular weight excluding hydrogens is 284 g/mol. The Bertz CT molecular complexity index is 676. The minimum absolute atomic E-state index is 0.155. The second-order valence-corrected chi connectivity index (χ2v) is 4.37. The number of hydrazone groups is 1. The molecule has 0 amide bonds. The quantitative estimate of drug-likeness (QED) is 0.633. The minimum atomic E-state index is -1.01. The molecule has 22 heavy (non-hydrogen) atoms. The van der Waals surface area contributed by atoms with Crippen LogP contribution in [0.25, 0.3) is 0 Å². The summed E-state index contributed by atoms with van der Waals surface area (Å²) in [4.78, 5) is 11.1. The van der Waals surface area contributed by atoms with Crippen molar-refractivity contribution in [2.45, 2.75) is 0 Å². The molecule has 0 bridgehead atoms. The summed E-state index contributed by atoms with van der Waals surface area (Å²) < 4.78 is 10.3. The Kier molecular flexibility index (Phi) is 4.98. The number of methoxy groups -OCH3 is 2. The highest BCUT2D eigenvalue weighted by Crippen LogP contribution is 2.21. The third-order valence-corrected chi connectivity index (χ3v) is 2.93. The van der Waals surface area contributed by atoms with Gasteiger partial charge in [-0.25, -0.2) is 4.79 Å². The molecule has 2 N–H and O–H groups in total. The van der Waals surface area contributed by atoms with E-state index in [9.17, 15) is 4.79 Å². The first-order chi connectivity index (χ1) is 10.6. The Balaban J connectivity index is 2.18. The van der Waals surface area contributed by atoms with Gasteiger partial charge in [0.15, 0.2) is 0 Å². The molecule has 114 valence electrons. The third-order valence-electron chi connectivity index (χ3n) is 2.93. The first-order valence-corrected chi connectivity index (χ1v) is 6.48. The average molecular weight is 300 g/mol. The number of carboxylic acid groups (broad SMARTS) is 1. The molecule has 2 aromatic carbocycles. The molecule has 2 rings (SSSR count). The summed E-state index contributed by atoms with van der Waals surface area (Å²) in [6, 6.07) is 11.9. The van der Waals surface area contributed by atoms with Gasteiger partial charge in [0.25, 0.3) is 0 Å². The lowest BCUT2D eigenvalue weighted by molar-refractivity contribution is 0.0698. The van der Waals surface area contributed by atoms with Crippen LogP contribution in [0.4, 0.5) is 5.69 Å². The summed E-state index contributed by atoms with van der Waals surface area (Å²) in [6.45, 7) is 0. The summed E-state index contributed by atoms with van der Waals surface area (Å²) >= 11 is 0. The van der Waals surface area contributed by atoms with Gasteiger partial charge in [-0.15, -0.1) is 0 Å². The largest absolute Gasteiger partial charge is 0.497 e. The van der Waals surface area contributed by atoms with Crippen LogP contribution >= 0.6 is 0 Å². The van der Waals surface area contributed by atoms with Crippen molar-refractivity contribution >= 4 is 17.9 Å². The van der Waals surface area contributed by atoms with Gasteiger partial charge in [0.05, 0.1) is 31.7 Å². The highest BCUT2D eigenvalue weighted by molar-refractivity contribution is 5.94. The normalized spacial score (nSPS) is 10.5. The molecule has 0 aliphatic rings. The van der Waals surface area contributed by atoms with Crippen molar-refractivity contribution in [1.29, 1.82) is 0 Å². The Hall–Kier alpha value is -3.02. The van der Waals surface area contributed by atoms with Crippen LogP contribution in [0.2, 0.25) is 0 Å². The SMILES string of the molecule is COc1cc(/C=N/Nc2ccccc2C(=O)O)cc(OC)c1. The molecule has 0 saturated carbocycles. The van der Waals surface area contributed by atoms with Crippen molar-refractivity contribution < 1.29 is 19.4 Å². The van der Waals surface area contributed by atoms with E-state index in [2.05, 4.69) is 10.5 Å². The molecule has 6 nitrogen and oxygen atoms in total. The monoisotopic (exact) mass is 300 g/mol. The minimum Gasteiger partial charge on any atom is -0.497 e. The molecule has 0 atom stereocenters. The predicted octanol–water partition coefficient (Wildman–Crippen LogP) is 2.85. The van der Waals surface area contributed by atoms with Crippen LogP contribution in [-0.4, -0.2) is 31.5 Å². The summed E-state index contributed by atoms with van der Waals surface area (Å²) in [5.41, 5.74) is 4.06. The van der Waals surface area contributed by atoms with Gasteiger partial charge in [-0.2, -0.15) is 5.10 Å². The van der Waals surface area contributed by atoms with Gasteiger partial charge < -0.3 is 14.6 Å². The molecule has 0 unspecified atom stereocenters. The first-order valence-electron chi connectivity index (χ1n) is 6.48. The second kappa shape index (κ2) is 7.12. The molecule has 0 heterocycles. The Labute approximate surface area is 128 Å². The van der Waals surface area contributed by atoms with E-state index in [1.165, 1.54) is 6.07 Å². The number of aromatic carboxylic acids is 1. The lowest BCUT2D eigenvalue weighted by Crippen LogP contribution is -2.02. The summed E-state index contributed by atoms with van der Waals surface area (Å²) in [6.07, 6.45) is 1.56. The number of hydrogen-bond acceptors (Lipinski definition) is 5. The smallest absolute Gasteiger partial charge is 0.337 e. The standard InChI is InChI=1S/C16H16N2O4/c1-21-12-7-11(8-13(9-12)22-2)10-17-18-15-6-4-3-5-14(15)16(19)20/h3-10,18H,1-2H3,(H,19,20)/b17-10+. The van der Waals surface area contributed by atoms with Gasteiger partial charge in [0.1, 0.15) is 11.5 Å². The predicted molar refractivity (Wildman–Crippen MR) is 84.2 cm³/mol. The maximum Gasteiger partial charge on any atom is 0.337 e. The van der Waals surface area contributed by atoms with Crippen molar-refractivity contribution in [3.05, 3.63) is 53.6 Å². The van der Waals surface area contributed by atoms with Crippen LogP contribution in [0.3, 0.4) is 0 Å². The lowest BCUT2D eigenvalue weighted by atomic mass is 10.2. The molecule has 0 spiro atoms. The molecule has 0 fully saturated rings. The number of ether oxygens (including phenoxy) is 2. The van der Waals surface area contributed by atoms with E-state index >= 15 is 0 Å². The van der Waals surface area contributed by atoms with E-state index in [1.54, 1.807) is 56.8 Å². The zero-order valence-electron chi connectivity index (χ0n) is 12.2. The van der Waals surface area contributed by atoms with Gasteiger partial charge in [-0.3, -0.25) is 5.43 Å². The molecule has 0 aliphatic heterocycles. The zero-order valence-corrected chi connectivity index (χ0v) is 12.2. The maximum absolute atomic E-state index is 11.1. The number of rotatable bonds is 6. The van der Waals surface area contributed by atoms with Crippen LogP contribution in [-0.2, 0) is 0 Å². The fraction of sp³-hybridized carbons (Fsp3) is 0.125. The van der Waals surface area contributed by atoms with E-state index in [1.807, 2.05) is 0 Å². The highest BCUT2D eigenvalue weighted by atomic mass is 16.5. The molecule has 0 radical (unpaired) electrons. The fourth-order valence-electron chi connectivity index (χ4n) is 1.85. The number of hydrogen-bond donors (Lipinski definition) is 2.